The van der Waals surface area contributed by atoms with Crippen LogP contribution in [0, 0.1) is 12.3 Å². The predicted octanol–water partition coefficient (Wildman–Crippen LogP) is 1.18. The average molecular weight is 190 g/mol. The van der Waals surface area contributed by atoms with Gasteiger partial charge in [0.05, 0.1) is 12.5 Å². The first kappa shape index (κ1) is 10.3. The van der Waals surface area contributed by atoms with Gasteiger partial charge >= 0.3 is 5.97 Å². The molecule has 0 aliphatic rings. The second-order valence-electron chi connectivity index (χ2n) is 2.88. The summed E-state index contributed by atoms with van der Waals surface area (Å²) in [6.07, 6.45) is 3.88. The summed E-state index contributed by atoms with van der Waals surface area (Å²) in [6, 6.07) is 6.59. The van der Waals surface area contributed by atoms with Crippen molar-refractivity contribution in [2.45, 2.75) is 12.5 Å². The van der Waals surface area contributed by atoms with Gasteiger partial charge in [-0.1, -0.05) is 18.1 Å². The van der Waals surface area contributed by atoms with Gasteiger partial charge in [0.25, 0.3) is 0 Å². The Morgan fingerprint density at radius 3 is 2.43 bits per heavy atom. The minimum absolute atomic E-state index is 0.296. The van der Waals surface area contributed by atoms with Gasteiger partial charge in [0.15, 0.2) is 0 Å². The van der Waals surface area contributed by atoms with E-state index in [-0.39, 0.29) is 6.42 Å². The van der Waals surface area contributed by atoms with E-state index < -0.39 is 12.1 Å². The smallest absolute Gasteiger partial charge is 0.306 e. The number of aliphatic hydroxyl groups is 1. The van der Waals surface area contributed by atoms with Crippen molar-refractivity contribution in [2.24, 2.45) is 0 Å². The number of aliphatic hydroxyl groups excluding tert-OH is 1. The summed E-state index contributed by atoms with van der Waals surface area (Å²) in [6.45, 7) is 0. The average Bonchev–Trinajstić information content (AvgIpc) is 2.17. The van der Waals surface area contributed by atoms with Crippen molar-refractivity contribution in [3.8, 4) is 12.3 Å². The minimum Gasteiger partial charge on any atom is -0.481 e. The number of rotatable bonds is 3. The van der Waals surface area contributed by atoms with Gasteiger partial charge in [-0.3, -0.25) is 4.79 Å². The lowest BCUT2D eigenvalue weighted by atomic mass is 10.1. The standard InChI is InChI=1S/C11H10O3/c1-2-8-3-5-9(6-4-8)10(12)7-11(13)14/h1,3-6,10,12H,7H2,(H,13,14)/t10-/m1/s1. The van der Waals surface area contributed by atoms with E-state index in [1.165, 1.54) is 0 Å². The van der Waals surface area contributed by atoms with E-state index in [1.807, 2.05) is 0 Å². The van der Waals surface area contributed by atoms with Crippen LogP contribution in [-0.2, 0) is 4.79 Å². The van der Waals surface area contributed by atoms with E-state index >= 15 is 0 Å². The molecule has 3 nitrogen and oxygen atoms in total. The van der Waals surface area contributed by atoms with Gasteiger partial charge in [0.1, 0.15) is 0 Å². The van der Waals surface area contributed by atoms with E-state index in [9.17, 15) is 9.90 Å². The predicted molar refractivity (Wildman–Crippen MR) is 51.6 cm³/mol. The molecule has 0 heterocycles. The molecule has 0 radical (unpaired) electrons. The Bertz CT molecular complexity index is 359. The lowest BCUT2D eigenvalue weighted by molar-refractivity contribution is -0.139. The Morgan fingerprint density at radius 1 is 1.43 bits per heavy atom. The lowest BCUT2D eigenvalue weighted by Gasteiger charge is -2.07. The van der Waals surface area contributed by atoms with E-state index in [1.54, 1.807) is 24.3 Å². The third kappa shape index (κ3) is 2.61. The van der Waals surface area contributed by atoms with Crippen LogP contribution in [0.3, 0.4) is 0 Å². The number of carboxylic acid groups (broad SMARTS) is 1. The molecule has 0 aliphatic carbocycles. The maximum Gasteiger partial charge on any atom is 0.306 e. The van der Waals surface area contributed by atoms with Crippen LogP contribution in [0.15, 0.2) is 24.3 Å². The fourth-order valence-electron chi connectivity index (χ4n) is 1.08. The molecule has 0 aromatic heterocycles. The van der Waals surface area contributed by atoms with Gasteiger partial charge in [0.2, 0.25) is 0 Å². The first-order valence-electron chi connectivity index (χ1n) is 4.10. The van der Waals surface area contributed by atoms with E-state index in [2.05, 4.69) is 5.92 Å². The van der Waals surface area contributed by atoms with Crippen LogP contribution in [0.5, 0.6) is 0 Å². The molecule has 0 spiro atoms. The van der Waals surface area contributed by atoms with Crippen LogP contribution < -0.4 is 0 Å². The Kier molecular flexibility index (Phi) is 3.27. The Labute approximate surface area is 82.0 Å². The van der Waals surface area contributed by atoms with Gasteiger partial charge in [-0.15, -0.1) is 6.42 Å². The number of hydrogen-bond acceptors (Lipinski definition) is 2. The van der Waals surface area contributed by atoms with Crippen molar-refractivity contribution >= 4 is 5.97 Å². The molecule has 0 amide bonds. The summed E-state index contributed by atoms with van der Waals surface area (Å²) in [5, 5.41) is 17.9. The number of hydrogen-bond donors (Lipinski definition) is 2. The molecule has 1 atom stereocenters. The Hall–Kier alpha value is -1.79. The number of terminal acetylenes is 1. The van der Waals surface area contributed by atoms with E-state index in [4.69, 9.17) is 11.5 Å². The highest BCUT2D eigenvalue weighted by Crippen LogP contribution is 2.16. The summed E-state index contributed by atoms with van der Waals surface area (Å²) in [7, 11) is 0. The van der Waals surface area contributed by atoms with Gasteiger partial charge in [-0.25, -0.2) is 0 Å². The highest BCUT2D eigenvalue weighted by molar-refractivity contribution is 5.67. The van der Waals surface area contributed by atoms with E-state index in [0.29, 0.717) is 11.1 Å². The molecular weight excluding hydrogens is 180 g/mol. The van der Waals surface area contributed by atoms with Crippen molar-refractivity contribution in [1.29, 1.82) is 0 Å². The van der Waals surface area contributed by atoms with Crippen LogP contribution in [0.2, 0.25) is 0 Å². The molecule has 0 bridgehead atoms. The summed E-state index contributed by atoms with van der Waals surface area (Å²) < 4.78 is 0. The number of carboxylic acids is 1. The molecule has 0 fully saturated rings. The van der Waals surface area contributed by atoms with Crippen molar-refractivity contribution in [3.05, 3.63) is 35.4 Å². The molecule has 0 saturated carbocycles. The fourth-order valence-corrected chi connectivity index (χ4v) is 1.08. The molecule has 14 heavy (non-hydrogen) atoms. The lowest BCUT2D eigenvalue weighted by Crippen LogP contribution is -2.05. The number of carbonyl (C=O) groups is 1. The quantitative estimate of drug-likeness (QED) is 0.703. The fraction of sp³-hybridized carbons (Fsp3) is 0.182. The first-order valence-corrected chi connectivity index (χ1v) is 4.10. The minimum atomic E-state index is -1.03. The van der Waals surface area contributed by atoms with Crippen molar-refractivity contribution in [1.82, 2.24) is 0 Å². The second kappa shape index (κ2) is 4.45. The molecule has 3 heteroatoms. The third-order valence-electron chi connectivity index (χ3n) is 1.83. The Morgan fingerprint density at radius 2 is 2.00 bits per heavy atom. The maximum atomic E-state index is 10.3. The monoisotopic (exact) mass is 190 g/mol. The summed E-state index contributed by atoms with van der Waals surface area (Å²) in [5.74, 6) is 1.41. The van der Waals surface area contributed by atoms with Crippen LogP contribution in [-0.4, -0.2) is 16.2 Å². The van der Waals surface area contributed by atoms with Gasteiger partial charge in [-0.05, 0) is 17.7 Å². The van der Waals surface area contributed by atoms with Crippen LogP contribution in [0.1, 0.15) is 23.7 Å². The van der Waals surface area contributed by atoms with E-state index in [0.717, 1.165) is 0 Å². The topological polar surface area (TPSA) is 57.5 Å². The van der Waals surface area contributed by atoms with Crippen molar-refractivity contribution in [2.75, 3.05) is 0 Å². The SMILES string of the molecule is C#Cc1ccc([C@H](O)CC(=O)O)cc1. The normalized spacial score (nSPS) is 11.7. The zero-order valence-electron chi connectivity index (χ0n) is 7.47. The molecule has 0 unspecified atom stereocenters. The molecule has 2 N–H and O–H groups in total. The van der Waals surface area contributed by atoms with Crippen molar-refractivity contribution in [3.63, 3.8) is 0 Å². The molecular formula is C11H10O3. The molecule has 1 aromatic carbocycles. The summed E-state index contributed by atoms with van der Waals surface area (Å²) in [5.41, 5.74) is 1.27. The summed E-state index contributed by atoms with van der Waals surface area (Å²) >= 11 is 0. The Balaban J connectivity index is 2.77. The van der Waals surface area contributed by atoms with Crippen LogP contribution in [0.25, 0.3) is 0 Å². The first-order chi connectivity index (χ1) is 6.63. The van der Waals surface area contributed by atoms with Crippen LogP contribution in [0.4, 0.5) is 0 Å². The number of aliphatic carboxylic acids is 1. The van der Waals surface area contributed by atoms with Crippen LogP contribution >= 0.6 is 0 Å². The zero-order chi connectivity index (χ0) is 10.6. The maximum absolute atomic E-state index is 10.3. The molecule has 1 aromatic rings. The molecule has 1 rings (SSSR count). The highest BCUT2D eigenvalue weighted by atomic mass is 16.4. The molecule has 0 aliphatic heterocycles. The largest absolute Gasteiger partial charge is 0.481 e. The number of benzene rings is 1. The third-order valence-corrected chi connectivity index (χ3v) is 1.83. The summed E-state index contributed by atoms with van der Waals surface area (Å²) in [4.78, 5) is 10.3. The van der Waals surface area contributed by atoms with Gasteiger partial charge < -0.3 is 10.2 Å². The zero-order valence-corrected chi connectivity index (χ0v) is 7.47. The molecule has 0 saturated heterocycles. The highest BCUT2D eigenvalue weighted by Gasteiger charge is 2.11. The van der Waals surface area contributed by atoms with Gasteiger partial charge in [0, 0.05) is 5.56 Å². The van der Waals surface area contributed by atoms with Crippen molar-refractivity contribution < 1.29 is 15.0 Å². The second-order valence-corrected chi connectivity index (χ2v) is 2.88. The molecule has 72 valence electrons. The van der Waals surface area contributed by atoms with Gasteiger partial charge in [-0.2, -0.15) is 0 Å².